The maximum Gasteiger partial charge on any atom is 0.128 e. The fourth-order valence-electron chi connectivity index (χ4n) is 1.26. The molecule has 84 valence electrons. The molecule has 0 spiro atoms. The molecule has 0 saturated heterocycles. The van der Waals surface area contributed by atoms with Gasteiger partial charge in [-0.3, -0.25) is 0 Å². The summed E-state index contributed by atoms with van der Waals surface area (Å²) in [4.78, 5) is 0. The van der Waals surface area contributed by atoms with Crippen LogP contribution < -0.4 is 9.47 Å². The molecule has 0 fully saturated rings. The zero-order valence-corrected chi connectivity index (χ0v) is 8.87. The quantitative estimate of drug-likeness (QED) is 0.815. The zero-order chi connectivity index (χ0) is 11.3. The van der Waals surface area contributed by atoms with Crippen LogP contribution in [0, 0.1) is 0 Å². The Hall–Kier alpha value is -1.29. The first-order valence-electron chi connectivity index (χ1n) is 4.73. The van der Waals surface area contributed by atoms with E-state index in [1.165, 1.54) is 7.11 Å². The van der Waals surface area contributed by atoms with E-state index in [1.807, 2.05) is 0 Å². The van der Waals surface area contributed by atoms with Gasteiger partial charge in [-0.25, -0.2) is 4.39 Å². The molecule has 0 radical (unpaired) electrons. The van der Waals surface area contributed by atoms with Crippen molar-refractivity contribution < 1.29 is 19.0 Å². The highest BCUT2D eigenvalue weighted by Crippen LogP contribution is 2.29. The van der Waals surface area contributed by atoms with Crippen LogP contribution in [0.5, 0.6) is 11.5 Å². The van der Waals surface area contributed by atoms with Gasteiger partial charge in [0.2, 0.25) is 0 Å². The lowest BCUT2D eigenvalue weighted by atomic mass is 10.1. The first kappa shape index (κ1) is 11.8. The number of aliphatic hydroxyl groups excluding tert-OH is 1. The topological polar surface area (TPSA) is 38.7 Å². The molecule has 3 nitrogen and oxygen atoms in total. The summed E-state index contributed by atoms with van der Waals surface area (Å²) in [5, 5.41) is 9.45. The van der Waals surface area contributed by atoms with Gasteiger partial charge in [0.1, 0.15) is 24.8 Å². The van der Waals surface area contributed by atoms with Crippen molar-refractivity contribution in [2.45, 2.75) is 13.0 Å². The van der Waals surface area contributed by atoms with Crippen LogP contribution in [-0.2, 0) is 0 Å². The van der Waals surface area contributed by atoms with Gasteiger partial charge in [0.15, 0.2) is 0 Å². The normalized spacial score (nSPS) is 12.3. The van der Waals surface area contributed by atoms with Crippen LogP contribution >= 0.6 is 0 Å². The Morgan fingerprint density at radius 3 is 2.73 bits per heavy atom. The second kappa shape index (κ2) is 5.56. The lowest BCUT2D eigenvalue weighted by molar-refractivity contribution is 0.188. The molecular weight excluding hydrogens is 199 g/mol. The number of halogens is 1. The summed E-state index contributed by atoms with van der Waals surface area (Å²) in [6.07, 6.45) is -0.648. The fourth-order valence-corrected chi connectivity index (χ4v) is 1.26. The van der Waals surface area contributed by atoms with Gasteiger partial charge in [-0.2, -0.15) is 0 Å². The van der Waals surface area contributed by atoms with E-state index in [4.69, 9.17) is 9.47 Å². The Bertz CT molecular complexity index is 313. The summed E-state index contributed by atoms with van der Waals surface area (Å²) in [6.45, 7) is 1.05. The third-order valence-corrected chi connectivity index (χ3v) is 2.01. The monoisotopic (exact) mass is 214 g/mol. The van der Waals surface area contributed by atoms with Crippen molar-refractivity contribution in [1.82, 2.24) is 0 Å². The molecule has 1 rings (SSSR count). The van der Waals surface area contributed by atoms with Gasteiger partial charge >= 0.3 is 0 Å². The van der Waals surface area contributed by atoms with E-state index < -0.39 is 12.8 Å². The maximum absolute atomic E-state index is 12.0. The Morgan fingerprint density at radius 1 is 1.47 bits per heavy atom. The Kier molecular flexibility index (Phi) is 4.37. The van der Waals surface area contributed by atoms with Gasteiger partial charge in [-0.1, -0.05) is 0 Å². The van der Waals surface area contributed by atoms with Gasteiger partial charge in [0.05, 0.1) is 13.2 Å². The molecule has 0 bridgehead atoms. The molecule has 4 heteroatoms. The molecule has 0 aliphatic carbocycles. The number of hydrogen-bond acceptors (Lipinski definition) is 3. The first-order valence-corrected chi connectivity index (χ1v) is 4.73. The number of methoxy groups -OCH3 is 1. The smallest absolute Gasteiger partial charge is 0.128 e. The predicted molar refractivity (Wildman–Crippen MR) is 55.1 cm³/mol. The SMILES string of the molecule is COc1ccc(C(C)O)c(OCCF)c1. The maximum atomic E-state index is 12.0. The fraction of sp³-hybridized carbons (Fsp3) is 0.455. The van der Waals surface area contributed by atoms with Gasteiger partial charge in [0.25, 0.3) is 0 Å². The van der Waals surface area contributed by atoms with E-state index in [2.05, 4.69) is 0 Å². The van der Waals surface area contributed by atoms with Gasteiger partial charge in [-0.15, -0.1) is 0 Å². The highest BCUT2D eigenvalue weighted by Gasteiger charge is 2.10. The van der Waals surface area contributed by atoms with E-state index in [-0.39, 0.29) is 6.61 Å². The Balaban J connectivity index is 2.94. The number of rotatable bonds is 5. The summed E-state index contributed by atoms with van der Waals surface area (Å²) >= 11 is 0. The summed E-state index contributed by atoms with van der Waals surface area (Å²) in [6, 6.07) is 5.07. The third-order valence-electron chi connectivity index (χ3n) is 2.01. The van der Waals surface area contributed by atoms with Crippen molar-refractivity contribution in [3.63, 3.8) is 0 Å². The lowest BCUT2D eigenvalue weighted by Crippen LogP contribution is -2.03. The van der Waals surface area contributed by atoms with E-state index in [9.17, 15) is 9.50 Å². The molecule has 0 amide bonds. The summed E-state index contributed by atoms with van der Waals surface area (Å²) < 4.78 is 22.2. The van der Waals surface area contributed by atoms with Crippen LogP contribution in [0.25, 0.3) is 0 Å². The van der Waals surface area contributed by atoms with Crippen molar-refractivity contribution in [2.24, 2.45) is 0 Å². The van der Waals surface area contributed by atoms with E-state index >= 15 is 0 Å². The highest BCUT2D eigenvalue weighted by molar-refractivity contribution is 5.41. The van der Waals surface area contributed by atoms with Crippen molar-refractivity contribution in [3.05, 3.63) is 23.8 Å². The van der Waals surface area contributed by atoms with E-state index in [0.717, 1.165) is 0 Å². The third kappa shape index (κ3) is 3.09. The zero-order valence-electron chi connectivity index (χ0n) is 8.87. The largest absolute Gasteiger partial charge is 0.497 e. The second-order valence-corrected chi connectivity index (χ2v) is 3.12. The minimum atomic E-state index is -0.648. The summed E-state index contributed by atoms with van der Waals surface area (Å²) in [5.41, 5.74) is 0.629. The summed E-state index contributed by atoms with van der Waals surface area (Å²) in [7, 11) is 1.54. The van der Waals surface area contributed by atoms with Crippen LogP contribution in [0.4, 0.5) is 4.39 Å². The van der Waals surface area contributed by atoms with Crippen LogP contribution in [0.3, 0.4) is 0 Å². The van der Waals surface area contributed by atoms with Crippen molar-refractivity contribution in [3.8, 4) is 11.5 Å². The summed E-state index contributed by atoms with van der Waals surface area (Å²) in [5.74, 6) is 1.08. The number of benzene rings is 1. The lowest BCUT2D eigenvalue weighted by Gasteiger charge is -2.13. The Morgan fingerprint density at radius 2 is 2.20 bits per heavy atom. The van der Waals surface area contributed by atoms with Crippen molar-refractivity contribution in [1.29, 1.82) is 0 Å². The van der Waals surface area contributed by atoms with Crippen molar-refractivity contribution in [2.75, 3.05) is 20.4 Å². The van der Waals surface area contributed by atoms with Gasteiger partial charge in [-0.05, 0) is 19.1 Å². The molecule has 1 atom stereocenters. The molecule has 0 heterocycles. The molecule has 1 aromatic rings. The van der Waals surface area contributed by atoms with Crippen LogP contribution in [0.1, 0.15) is 18.6 Å². The van der Waals surface area contributed by atoms with Crippen LogP contribution in [0.15, 0.2) is 18.2 Å². The minimum absolute atomic E-state index is 0.0209. The molecule has 1 N–H and O–H groups in total. The number of ether oxygens (including phenoxy) is 2. The minimum Gasteiger partial charge on any atom is -0.497 e. The van der Waals surface area contributed by atoms with Crippen LogP contribution in [0.2, 0.25) is 0 Å². The molecular formula is C11H15FO3. The molecule has 0 aromatic heterocycles. The molecule has 1 unspecified atom stereocenters. The molecule has 0 aliphatic rings. The second-order valence-electron chi connectivity index (χ2n) is 3.12. The highest BCUT2D eigenvalue weighted by atomic mass is 19.1. The number of alkyl halides is 1. The average molecular weight is 214 g/mol. The number of hydrogen-bond donors (Lipinski definition) is 1. The van der Waals surface area contributed by atoms with E-state index in [1.54, 1.807) is 25.1 Å². The van der Waals surface area contributed by atoms with E-state index in [0.29, 0.717) is 17.1 Å². The van der Waals surface area contributed by atoms with Crippen molar-refractivity contribution >= 4 is 0 Å². The molecule has 1 aromatic carbocycles. The standard InChI is InChI=1S/C11H15FO3/c1-8(13)10-4-3-9(14-2)7-11(10)15-6-5-12/h3-4,7-8,13H,5-6H2,1-2H3. The Labute approximate surface area is 88.4 Å². The predicted octanol–water partition coefficient (Wildman–Crippen LogP) is 2.10. The average Bonchev–Trinajstić information content (AvgIpc) is 2.25. The molecule has 0 aliphatic heterocycles. The first-order chi connectivity index (χ1) is 7.19. The molecule has 0 saturated carbocycles. The van der Waals surface area contributed by atoms with Crippen LogP contribution in [-0.4, -0.2) is 25.5 Å². The van der Waals surface area contributed by atoms with Gasteiger partial charge < -0.3 is 14.6 Å². The van der Waals surface area contributed by atoms with Gasteiger partial charge in [0, 0.05) is 11.6 Å². The molecule has 15 heavy (non-hydrogen) atoms. The number of aliphatic hydroxyl groups is 1.